The van der Waals surface area contributed by atoms with E-state index in [-0.39, 0.29) is 0 Å². The van der Waals surface area contributed by atoms with Gasteiger partial charge in [0.1, 0.15) is 0 Å². The van der Waals surface area contributed by atoms with Crippen LogP contribution in [-0.2, 0) is 6.54 Å². The molecule has 96 valence electrons. The topological polar surface area (TPSA) is 45.1 Å². The Kier molecular flexibility index (Phi) is 3.94. The van der Waals surface area contributed by atoms with Gasteiger partial charge in [0.2, 0.25) is 0 Å². The fourth-order valence-corrected chi connectivity index (χ4v) is 1.90. The highest BCUT2D eigenvalue weighted by Gasteiger charge is 2.16. The Labute approximate surface area is 108 Å². The average Bonchev–Trinajstić information content (AvgIpc) is 2.39. The van der Waals surface area contributed by atoms with Crippen LogP contribution in [0.5, 0.6) is 0 Å². The number of hydrogen-bond donors (Lipinski definition) is 2. The first-order valence-corrected chi connectivity index (χ1v) is 6.38. The van der Waals surface area contributed by atoms with Crippen molar-refractivity contribution in [3.8, 4) is 0 Å². The SMILES string of the molecule is CCC(C)(O)CNCc1ccnc2ccccc12. The first-order valence-electron chi connectivity index (χ1n) is 6.38. The Morgan fingerprint density at radius 2 is 2.06 bits per heavy atom. The van der Waals surface area contributed by atoms with Crippen LogP contribution in [0.3, 0.4) is 0 Å². The van der Waals surface area contributed by atoms with Gasteiger partial charge in [0.25, 0.3) is 0 Å². The fraction of sp³-hybridized carbons (Fsp3) is 0.400. The molecule has 1 unspecified atom stereocenters. The van der Waals surface area contributed by atoms with Crippen molar-refractivity contribution in [1.82, 2.24) is 10.3 Å². The zero-order valence-corrected chi connectivity index (χ0v) is 11.0. The molecular formula is C15H20N2O. The molecule has 3 nitrogen and oxygen atoms in total. The minimum Gasteiger partial charge on any atom is -0.389 e. The Morgan fingerprint density at radius 3 is 2.83 bits per heavy atom. The lowest BCUT2D eigenvalue weighted by Crippen LogP contribution is -2.36. The first-order chi connectivity index (χ1) is 8.62. The number of nitrogens with one attached hydrogen (secondary N) is 1. The summed E-state index contributed by atoms with van der Waals surface area (Å²) in [7, 11) is 0. The number of nitrogens with zero attached hydrogens (tertiary/aromatic N) is 1. The highest BCUT2D eigenvalue weighted by Crippen LogP contribution is 2.16. The van der Waals surface area contributed by atoms with Gasteiger partial charge in [-0.05, 0) is 31.0 Å². The summed E-state index contributed by atoms with van der Waals surface area (Å²) in [5, 5.41) is 14.4. The van der Waals surface area contributed by atoms with Crippen molar-refractivity contribution in [2.45, 2.75) is 32.4 Å². The Morgan fingerprint density at radius 1 is 1.28 bits per heavy atom. The maximum atomic E-state index is 9.94. The molecule has 2 aromatic rings. The van der Waals surface area contributed by atoms with Crippen molar-refractivity contribution in [2.24, 2.45) is 0 Å². The summed E-state index contributed by atoms with van der Waals surface area (Å²) < 4.78 is 0. The van der Waals surface area contributed by atoms with Crippen molar-refractivity contribution < 1.29 is 5.11 Å². The molecule has 0 amide bonds. The maximum Gasteiger partial charge on any atom is 0.0741 e. The standard InChI is InChI=1S/C15H20N2O/c1-3-15(2,18)11-16-10-12-8-9-17-14-7-5-4-6-13(12)14/h4-9,16,18H,3,10-11H2,1-2H3. The van der Waals surface area contributed by atoms with E-state index in [0.717, 1.165) is 18.5 Å². The third kappa shape index (κ3) is 3.06. The van der Waals surface area contributed by atoms with Crippen molar-refractivity contribution in [3.63, 3.8) is 0 Å². The summed E-state index contributed by atoms with van der Waals surface area (Å²) in [4.78, 5) is 4.34. The molecule has 3 heteroatoms. The number of para-hydroxylation sites is 1. The lowest BCUT2D eigenvalue weighted by Gasteiger charge is -2.21. The number of hydrogen-bond acceptors (Lipinski definition) is 3. The normalized spacial score (nSPS) is 14.6. The summed E-state index contributed by atoms with van der Waals surface area (Å²) >= 11 is 0. The van der Waals surface area contributed by atoms with Crippen LogP contribution in [0.4, 0.5) is 0 Å². The van der Waals surface area contributed by atoms with Gasteiger partial charge in [-0.2, -0.15) is 0 Å². The zero-order valence-electron chi connectivity index (χ0n) is 11.0. The summed E-state index contributed by atoms with van der Waals surface area (Å²) in [5.41, 5.74) is 1.59. The molecule has 0 aliphatic carbocycles. The Bertz CT molecular complexity index is 517. The van der Waals surface area contributed by atoms with E-state index in [1.807, 2.05) is 44.3 Å². The van der Waals surface area contributed by atoms with Crippen LogP contribution in [0.15, 0.2) is 36.5 Å². The molecular weight excluding hydrogens is 224 g/mol. The van der Waals surface area contributed by atoms with Crippen LogP contribution in [0.25, 0.3) is 10.9 Å². The number of benzene rings is 1. The van der Waals surface area contributed by atoms with Gasteiger partial charge in [-0.3, -0.25) is 4.98 Å². The van der Waals surface area contributed by atoms with Gasteiger partial charge in [-0.25, -0.2) is 0 Å². The smallest absolute Gasteiger partial charge is 0.0741 e. The number of pyridine rings is 1. The number of aliphatic hydroxyl groups is 1. The molecule has 1 atom stereocenters. The Hall–Kier alpha value is -1.45. The minimum absolute atomic E-state index is 0.597. The molecule has 18 heavy (non-hydrogen) atoms. The van der Waals surface area contributed by atoms with Crippen LogP contribution in [0.1, 0.15) is 25.8 Å². The quantitative estimate of drug-likeness (QED) is 0.849. The molecule has 0 saturated carbocycles. The van der Waals surface area contributed by atoms with E-state index in [9.17, 15) is 5.11 Å². The van der Waals surface area contributed by atoms with Gasteiger partial charge >= 0.3 is 0 Å². The van der Waals surface area contributed by atoms with Crippen molar-refractivity contribution in [1.29, 1.82) is 0 Å². The molecule has 1 aromatic heterocycles. The molecule has 0 saturated heterocycles. The largest absolute Gasteiger partial charge is 0.389 e. The second-order valence-electron chi connectivity index (χ2n) is 4.94. The summed E-state index contributed by atoms with van der Waals surface area (Å²) in [6.45, 7) is 5.19. The van der Waals surface area contributed by atoms with Crippen LogP contribution < -0.4 is 5.32 Å². The van der Waals surface area contributed by atoms with E-state index >= 15 is 0 Å². The Balaban J connectivity index is 2.08. The number of rotatable bonds is 5. The van der Waals surface area contributed by atoms with Gasteiger partial charge in [-0.15, -0.1) is 0 Å². The molecule has 0 radical (unpaired) electrons. The van der Waals surface area contributed by atoms with E-state index in [2.05, 4.69) is 16.4 Å². The van der Waals surface area contributed by atoms with Crippen molar-refractivity contribution in [3.05, 3.63) is 42.1 Å². The van der Waals surface area contributed by atoms with E-state index < -0.39 is 5.60 Å². The first kappa shape index (κ1) is 13.0. The minimum atomic E-state index is -0.636. The second-order valence-corrected chi connectivity index (χ2v) is 4.94. The van der Waals surface area contributed by atoms with Gasteiger partial charge in [0.15, 0.2) is 0 Å². The highest BCUT2D eigenvalue weighted by molar-refractivity contribution is 5.81. The second kappa shape index (κ2) is 5.46. The molecule has 2 N–H and O–H groups in total. The molecule has 0 bridgehead atoms. The molecule has 0 aliphatic heterocycles. The highest BCUT2D eigenvalue weighted by atomic mass is 16.3. The van der Waals surface area contributed by atoms with Crippen molar-refractivity contribution >= 4 is 10.9 Å². The van der Waals surface area contributed by atoms with Crippen LogP contribution in [-0.4, -0.2) is 22.2 Å². The number of fused-ring (bicyclic) bond motifs is 1. The predicted molar refractivity (Wildman–Crippen MR) is 74.4 cm³/mol. The number of aromatic nitrogens is 1. The summed E-state index contributed by atoms with van der Waals surface area (Å²) in [5.74, 6) is 0. The van der Waals surface area contributed by atoms with Crippen LogP contribution >= 0.6 is 0 Å². The van der Waals surface area contributed by atoms with Crippen LogP contribution in [0.2, 0.25) is 0 Å². The average molecular weight is 244 g/mol. The van der Waals surface area contributed by atoms with E-state index in [0.29, 0.717) is 6.54 Å². The maximum absolute atomic E-state index is 9.94. The molecule has 0 fully saturated rings. The zero-order chi connectivity index (χ0) is 13.0. The molecule has 0 aliphatic rings. The van der Waals surface area contributed by atoms with Gasteiger partial charge < -0.3 is 10.4 Å². The molecule has 1 aromatic carbocycles. The fourth-order valence-electron chi connectivity index (χ4n) is 1.90. The van der Waals surface area contributed by atoms with Crippen molar-refractivity contribution in [2.75, 3.05) is 6.54 Å². The lowest BCUT2D eigenvalue weighted by atomic mass is 10.0. The molecule has 1 heterocycles. The summed E-state index contributed by atoms with van der Waals surface area (Å²) in [6, 6.07) is 10.1. The van der Waals surface area contributed by atoms with E-state index in [1.54, 1.807) is 0 Å². The van der Waals surface area contributed by atoms with Gasteiger partial charge in [0, 0.05) is 24.7 Å². The summed E-state index contributed by atoms with van der Waals surface area (Å²) in [6.07, 6.45) is 2.58. The van der Waals surface area contributed by atoms with Gasteiger partial charge in [-0.1, -0.05) is 25.1 Å². The third-order valence-electron chi connectivity index (χ3n) is 3.32. The van der Waals surface area contributed by atoms with E-state index in [4.69, 9.17) is 0 Å². The van der Waals surface area contributed by atoms with Crippen LogP contribution in [0, 0.1) is 0 Å². The van der Waals surface area contributed by atoms with Gasteiger partial charge in [0.05, 0.1) is 11.1 Å². The third-order valence-corrected chi connectivity index (χ3v) is 3.32. The lowest BCUT2D eigenvalue weighted by molar-refractivity contribution is 0.0556. The molecule has 0 spiro atoms. The predicted octanol–water partition coefficient (Wildman–Crippen LogP) is 2.49. The molecule has 2 rings (SSSR count). The monoisotopic (exact) mass is 244 g/mol. The van der Waals surface area contributed by atoms with E-state index in [1.165, 1.54) is 10.9 Å².